The molecule has 1 N–H and O–H groups in total. The number of hydrogen-bond acceptors (Lipinski definition) is 4. The smallest absolute Gasteiger partial charge is 0.219 e. The normalized spacial score (nSPS) is 12.2. The standard InChI is InChI=1S/C20H23ClN2O3/c1-13(2)25-18-9-17(21)10-19(11-18)26-20-8-7-16(12-22-20)6-5-14(3)23-15(4)24/h5-14H,1-4H3,(H,23,24)/b6-5+/t14-/m0/s1. The summed E-state index contributed by atoms with van der Waals surface area (Å²) in [5.41, 5.74) is 0.907. The van der Waals surface area contributed by atoms with E-state index in [1.807, 2.05) is 39.0 Å². The summed E-state index contributed by atoms with van der Waals surface area (Å²) in [4.78, 5) is 15.3. The van der Waals surface area contributed by atoms with Crippen molar-refractivity contribution in [2.24, 2.45) is 0 Å². The second-order valence-corrected chi connectivity index (χ2v) is 6.61. The maximum atomic E-state index is 11.0. The first-order valence-electron chi connectivity index (χ1n) is 8.38. The molecule has 0 radical (unpaired) electrons. The van der Waals surface area contributed by atoms with Gasteiger partial charge in [-0.15, -0.1) is 0 Å². The molecule has 2 rings (SSSR count). The van der Waals surface area contributed by atoms with Gasteiger partial charge in [-0.3, -0.25) is 4.79 Å². The van der Waals surface area contributed by atoms with Crippen LogP contribution in [-0.2, 0) is 4.79 Å². The molecule has 0 aliphatic heterocycles. The molecule has 0 fully saturated rings. The monoisotopic (exact) mass is 374 g/mol. The molecule has 1 amide bonds. The zero-order valence-corrected chi connectivity index (χ0v) is 16.1. The lowest BCUT2D eigenvalue weighted by atomic mass is 10.2. The van der Waals surface area contributed by atoms with Crippen molar-refractivity contribution in [2.45, 2.75) is 39.8 Å². The number of benzene rings is 1. The van der Waals surface area contributed by atoms with E-state index >= 15 is 0 Å². The quantitative estimate of drug-likeness (QED) is 0.752. The summed E-state index contributed by atoms with van der Waals surface area (Å²) >= 11 is 6.11. The molecule has 0 aliphatic carbocycles. The number of pyridine rings is 1. The molecule has 5 nitrogen and oxygen atoms in total. The highest BCUT2D eigenvalue weighted by molar-refractivity contribution is 6.30. The second kappa shape index (κ2) is 9.25. The van der Waals surface area contributed by atoms with Gasteiger partial charge in [0.1, 0.15) is 11.5 Å². The highest BCUT2D eigenvalue weighted by atomic mass is 35.5. The highest BCUT2D eigenvalue weighted by Crippen LogP contribution is 2.29. The third-order valence-electron chi connectivity index (χ3n) is 3.21. The van der Waals surface area contributed by atoms with Gasteiger partial charge in [0, 0.05) is 36.3 Å². The van der Waals surface area contributed by atoms with Crippen LogP contribution >= 0.6 is 11.6 Å². The van der Waals surface area contributed by atoms with Crippen molar-refractivity contribution in [2.75, 3.05) is 0 Å². The van der Waals surface area contributed by atoms with Crippen LogP contribution in [-0.4, -0.2) is 23.0 Å². The van der Waals surface area contributed by atoms with Gasteiger partial charge >= 0.3 is 0 Å². The summed E-state index contributed by atoms with van der Waals surface area (Å²) < 4.78 is 11.4. The van der Waals surface area contributed by atoms with Gasteiger partial charge in [0.2, 0.25) is 11.8 Å². The van der Waals surface area contributed by atoms with Crippen LogP contribution in [0.3, 0.4) is 0 Å². The predicted molar refractivity (Wildman–Crippen MR) is 104 cm³/mol. The summed E-state index contributed by atoms with van der Waals surface area (Å²) in [5, 5.41) is 3.32. The highest BCUT2D eigenvalue weighted by Gasteiger charge is 2.06. The average Bonchev–Trinajstić information content (AvgIpc) is 2.52. The van der Waals surface area contributed by atoms with Crippen molar-refractivity contribution in [1.82, 2.24) is 10.3 Å². The van der Waals surface area contributed by atoms with Gasteiger partial charge in [-0.2, -0.15) is 0 Å². The van der Waals surface area contributed by atoms with E-state index in [1.54, 1.807) is 30.5 Å². The Bertz CT molecular complexity index is 773. The number of carbonyl (C=O) groups excluding carboxylic acids is 1. The molecule has 1 aromatic carbocycles. The Kier molecular flexibility index (Phi) is 7.04. The summed E-state index contributed by atoms with van der Waals surface area (Å²) in [6, 6.07) is 8.83. The van der Waals surface area contributed by atoms with E-state index in [4.69, 9.17) is 21.1 Å². The molecule has 0 spiro atoms. The van der Waals surface area contributed by atoms with Crippen molar-refractivity contribution in [3.63, 3.8) is 0 Å². The third kappa shape index (κ3) is 6.76. The summed E-state index contributed by atoms with van der Waals surface area (Å²) in [6.45, 7) is 7.29. The van der Waals surface area contributed by atoms with Crippen LogP contribution in [0.4, 0.5) is 0 Å². The minimum absolute atomic E-state index is 0.0467. The van der Waals surface area contributed by atoms with Crippen molar-refractivity contribution < 1.29 is 14.3 Å². The van der Waals surface area contributed by atoms with Crippen LogP contribution in [0, 0.1) is 0 Å². The van der Waals surface area contributed by atoms with E-state index < -0.39 is 0 Å². The zero-order valence-electron chi connectivity index (χ0n) is 15.3. The maximum Gasteiger partial charge on any atom is 0.219 e. The molecular formula is C20H23ClN2O3. The Morgan fingerprint density at radius 3 is 2.54 bits per heavy atom. The predicted octanol–water partition coefficient (Wildman–Crippen LogP) is 4.85. The number of carbonyl (C=O) groups is 1. The molecule has 2 aromatic rings. The minimum Gasteiger partial charge on any atom is -0.491 e. The van der Waals surface area contributed by atoms with E-state index in [-0.39, 0.29) is 18.1 Å². The third-order valence-corrected chi connectivity index (χ3v) is 3.42. The van der Waals surface area contributed by atoms with E-state index in [9.17, 15) is 4.79 Å². The molecule has 138 valence electrons. The molecule has 6 heteroatoms. The summed E-state index contributed by atoms with van der Waals surface area (Å²) in [5.74, 6) is 1.60. The lowest BCUT2D eigenvalue weighted by molar-refractivity contribution is -0.119. The van der Waals surface area contributed by atoms with Crippen molar-refractivity contribution in [3.05, 3.63) is 53.2 Å². The van der Waals surface area contributed by atoms with Gasteiger partial charge in [-0.1, -0.05) is 23.8 Å². The van der Waals surface area contributed by atoms with E-state index in [0.717, 1.165) is 5.56 Å². The zero-order chi connectivity index (χ0) is 19.1. The topological polar surface area (TPSA) is 60.5 Å². The van der Waals surface area contributed by atoms with Gasteiger partial charge < -0.3 is 14.8 Å². The summed E-state index contributed by atoms with van der Waals surface area (Å²) in [7, 11) is 0. The van der Waals surface area contributed by atoms with Gasteiger partial charge in [0.15, 0.2) is 0 Å². The van der Waals surface area contributed by atoms with E-state index in [2.05, 4.69) is 10.3 Å². The first-order chi connectivity index (χ1) is 12.3. The molecule has 26 heavy (non-hydrogen) atoms. The SMILES string of the molecule is CC(=O)N[C@@H](C)/C=C/c1ccc(Oc2cc(Cl)cc(OC(C)C)c2)nc1. The number of amides is 1. The van der Waals surface area contributed by atoms with Crippen molar-refractivity contribution in [1.29, 1.82) is 0 Å². The van der Waals surface area contributed by atoms with Crippen molar-refractivity contribution in [3.8, 4) is 17.4 Å². The van der Waals surface area contributed by atoms with Crippen LogP contribution in [0.1, 0.15) is 33.3 Å². The number of nitrogens with zero attached hydrogens (tertiary/aromatic N) is 1. The van der Waals surface area contributed by atoms with Crippen LogP contribution in [0.25, 0.3) is 6.08 Å². The Morgan fingerprint density at radius 2 is 1.92 bits per heavy atom. The number of halogens is 1. The fourth-order valence-corrected chi connectivity index (χ4v) is 2.45. The molecule has 0 unspecified atom stereocenters. The largest absolute Gasteiger partial charge is 0.491 e. The lowest BCUT2D eigenvalue weighted by Crippen LogP contribution is -2.28. The fraction of sp³-hybridized carbons (Fsp3) is 0.300. The molecular weight excluding hydrogens is 352 g/mol. The molecule has 1 aromatic heterocycles. The number of hydrogen-bond donors (Lipinski definition) is 1. The molecule has 0 aliphatic rings. The lowest BCUT2D eigenvalue weighted by Gasteiger charge is -2.12. The molecule has 1 heterocycles. The Balaban J connectivity index is 2.04. The Labute approximate surface area is 159 Å². The second-order valence-electron chi connectivity index (χ2n) is 6.17. The number of aromatic nitrogens is 1. The van der Waals surface area contributed by atoms with Crippen LogP contribution in [0.5, 0.6) is 17.4 Å². The van der Waals surface area contributed by atoms with Crippen LogP contribution in [0.15, 0.2) is 42.6 Å². The van der Waals surface area contributed by atoms with E-state index in [0.29, 0.717) is 22.4 Å². The molecule has 0 bridgehead atoms. The Morgan fingerprint density at radius 1 is 1.19 bits per heavy atom. The van der Waals surface area contributed by atoms with Crippen LogP contribution < -0.4 is 14.8 Å². The fourth-order valence-electron chi connectivity index (χ4n) is 2.23. The average molecular weight is 375 g/mol. The maximum absolute atomic E-state index is 11.0. The minimum atomic E-state index is -0.0636. The molecule has 1 atom stereocenters. The summed E-state index contributed by atoms with van der Waals surface area (Å²) in [6.07, 6.45) is 5.53. The first kappa shape index (κ1) is 19.8. The first-order valence-corrected chi connectivity index (χ1v) is 8.76. The van der Waals surface area contributed by atoms with Gasteiger partial charge in [-0.25, -0.2) is 4.98 Å². The molecule has 0 saturated heterocycles. The van der Waals surface area contributed by atoms with E-state index in [1.165, 1.54) is 6.92 Å². The number of nitrogens with one attached hydrogen (secondary N) is 1. The van der Waals surface area contributed by atoms with Gasteiger partial charge in [-0.05, 0) is 44.5 Å². The number of ether oxygens (including phenoxy) is 2. The van der Waals surface area contributed by atoms with Gasteiger partial charge in [0.25, 0.3) is 0 Å². The number of rotatable bonds is 7. The van der Waals surface area contributed by atoms with Gasteiger partial charge in [0.05, 0.1) is 6.10 Å². The molecule has 0 saturated carbocycles. The van der Waals surface area contributed by atoms with Crippen molar-refractivity contribution >= 4 is 23.6 Å². The Hall–Kier alpha value is -2.53. The van der Waals surface area contributed by atoms with Crippen LogP contribution in [0.2, 0.25) is 5.02 Å².